The second-order valence-electron chi connectivity index (χ2n) is 8.35. The Morgan fingerprint density at radius 3 is 2.51 bits per heavy atom. The van der Waals surface area contributed by atoms with Crippen LogP contribution in [0.15, 0.2) is 53.9 Å². The van der Waals surface area contributed by atoms with Gasteiger partial charge >= 0.3 is 0 Å². The quantitative estimate of drug-likeness (QED) is 0.226. The number of carbonyl (C=O) groups is 2. The summed E-state index contributed by atoms with van der Waals surface area (Å²) in [6, 6.07) is 11.2. The molecule has 0 unspecified atom stereocenters. The third-order valence-electron chi connectivity index (χ3n) is 5.95. The molecule has 11 heteroatoms. The largest absolute Gasteiger partial charge is 0.494 e. The van der Waals surface area contributed by atoms with E-state index >= 15 is 0 Å². The number of aliphatic hydroxyl groups excluding tert-OH is 2. The zero-order valence-corrected chi connectivity index (χ0v) is 22.1. The van der Waals surface area contributed by atoms with E-state index in [0.717, 1.165) is 0 Å². The van der Waals surface area contributed by atoms with Gasteiger partial charge in [0.05, 0.1) is 31.6 Å². The maximum Gasteiger partial charge on any atom is 0.252 e. The number of thiophene rings is 1. The molecule has 1 atom stereocenters. The van der Waals surface area contributed by atoms with Crippen molar-refractivity contribution in [3.8, 4) is 28.5 Å². The number of amides is 1. The number of carbonyl (C=O) groups excluding carboxylic acids is 2. The maximum absolute atomic E-state index is 14.3. The molecule has 2 aromatic carbocycles. The number of ether oxygens (including phenoxy) is 3. The molecule has 0 saturated heterocycles. The van der Waals surface area contributed by atoms with Crippen LogP contribution < -0.4 is 19.5 Å². The topological polar surface area (TPSA) is 127 Å². The van der Waals surface area contributed by atoms with Crippen molar-refractivity contribution in [1.29, 1.82) is 0 Å². The number of methoxy groups -OCH3 is 2. The Hall–Kier alpha value is -4.06. The fraction of sp³-hybridized carbons (Fsp3) is 0.250. The standard InChI is InChI=1S/C28H27FN2O7S/c1-36-23-9-7-20(30-25(23)18-15-39-27-17(18)4-3-5-19(27)29)26(34)21(10-11-32)31-28(35)16-6-8-22(38-13-12-33)24(14-16)37-2/h3-9,14-15,21,32-33H,10-13H2,1-2H3,(H,31,35)/t21-/m0/s1. The highest BCUT2D eigenvalue weighted by Crippen LogP contribution is 2.38. The summed E-state index contributed by atoms with van der Waals surface area (Å²) in [6.07, 6.45) is -0.0466. The van der Waals surface area contributed by atoms with Gasteiger partial charge in [-0.15, -0.1) is 11.3 Å². The number of pyridine rings is 1. The molecular weight excluding hydrogens is 527 g/mol. The first-order valence-electron chi connectivity index (χ1n) is 12.0. The molecule has 39 heavy (non-hydrogen) atoms. The smallest absolute Gasteiger partial charge is 0.252 e. The van der Waals surface area contributed by atoms with E-state index in [2.05, 4.69) is 10.3 Å². The number of nitrogens with one attached hydrogen (secondary N) is 1. The van der Waals surface area contributed by atoms with E-state index < -0.39 is 17.7 Å². The number of benzene rings is 2. The van der Waals surface area contributed by atoms with Crippen LogP contribution in [-0.4, -0.2) is 67.0 Å². The maximum atomic E-state index is 14.3. The molecule has 4 rings (SSSR count). The molecule has 0 radical (unpaired) electrons. The Bertz CT molecular complexity index is 1490. The lowest BCUT2D eigenvalue weighted by molar-refractivity contribution is 0.0837. The molecule has 0 bridgehead atoms. The molecule has 4 aromatic rings. The highest BCUT2D eigenvalue weighted by Gasteiger charge is 2.26. The molecule has 204 valence electrons. The fourth-order valence-corrected chi connectivity index (χ4v) is 5.01. The fourth-order valence-electron chi connectivity index (χ4n) is 4.05. The predicted molar refractivity (Wildman–Crippen MR) is 144 cm³/mol. The molecule has 0 aliphatic heterocycles. The SMILES string of the molecule is COc1cc(C(=O)N[C@@H](CCO)C(=O)c2ccc(OC)c(-c3csc4c(F)cccc34)n2)ccc1OCCO. The van der Waals surface area contributed by atoms with Crippen molar-refractivity contribution >= 4 is 33.1 Å². The van der Waals surface area contributed by atoms with E-state index in [1.807, 2.05) is 0 Å². The normalized spacial score (nSPS) is 11.7. The first kappa shape index (κ1) is 28.0. The summed E-state index contributed by atoms with van der Waals surface area (Å²) in [4.78, 5) is 31.1. The summed E-state index contributed by atoms with van der Waals surface area (Å²) in [5.74, 6) is -0.410. The molecule has 3 N–H and O–H groups in total. The number of ketones is 1. The molecule has 0 saturated carbocycles. The van der Waals surface area contributed by atoms with Crippen LogP contribution in [-0.2, 0) is 0 Å². The monoisotopic (exact) mass is 554 g/mol. The molecule has 9 nitrogen and oxygen atoms in total. The van der Waals surface area contributed by atoms with Gasteiger partial charge in [-0.25, -0.2) is 9.37 Å². The van der Waals surface area contributed by atoms with Gasteiger partial charge in [-0.1, -0.05) is 12.1 Å². The van der Waals surface area contributed by atoms with E-state index in [1.165, 1.54) is 55.9 Å². The van der Waals surface area contributed by atoms with E-state index in [-0.39, 0.29) is 49.1 Å². The molecule has 0 fully saturated rings. The number of halogens is 1. The van der Waals surface area contributed by atoms with E-state index in [0.29, 0.717) is 32.8 Å². The average molecular weight is 555 g/mol. The minimum absolute atomic E-state index is 0.0466. The van der Waals surface area contributed by atoms with Crippen LogP contribution in [0, 0.1) is 5.82 Å². The van der Waals surface area contributed by atoms with Crippen LogP contribution in [0.1, 0.15) is 27.3 Å². The zero-order valence-electron chi connectivity index (χ0n) is 21.3. The molecular formula is C28H27FN2O7S. The van der Waals surface area contributed by atoms with Crippen LogP contribution in [0.2, 0.25) is 0 Å². The molecule has 0 spiro atoms. The predicted octanol–water partition coefficient (Wildman–Crippen LogP) is 3.85. The van der Waals surface area contributed by atoms with Crippen molar-refractivity contribution in [2.45, 2.75) is 12.5 Å². The number of nitrogens with zero attached hydrogens (tertiary/aromatic N) is 1. The minimum Gasteiger partial charge on any atom is -0.494 e. The number of hydrogen-bond acceptors (Lipinski definition) is 9. The van der Waals surface area contributed by atoms with Gasteiger partial charge in [0.15, 0.2) is 11.5 Å². The summed E-state index contributed by atoms with van der Waals surface area (Å²) in [5, 5.41) is 23.6. The second kappa shape index (κ2) is 12.7. The van der Waals surface area contributed by atoms with Crippen molar-refractivity contribution in [1.82, 2.24) is 10.3 Å². The Morgan fingerprint density at radius 1 is 1.03 bits per heavy atom. The van der Waals surface area contributed by atoms with Gasteiger partial charge in [-0.05, 0) is 42.8 Å². The van der Waals surface area contributed by atoms with Gasteiger partial charge in [0.25, 0.3) is 5.91 Å². The van der Waals surface area contributed by atoms with E-state index in [1.54, 1.807) is 23.6 Å². The minimum atomic E-state index is -1.08. The Morgan fingerprint density at radius 2 is 1.79 bits per heavy atom. The van der Waals surface area contributed by atoms with Crippen LogP contribution in [0.3, 0.4) is 0 Å². The average Bonchev–Trinajstić information content (AvgIpc) is 3.40. The molecule has 0 aliphatic carbocycles. The first-order valence-corrected chi connectivity index (χ1v) is 12.9. The van der Waals surface area contributed by atoms with Crippen molar-refractivity contribution in [3.63, 3.8) is 0 Å². The Labute approximate surface area is 227 Å². The number of hydrogen-bond donors (Lipinski definition) is 3. The lowest BCUT2D eigenvalue weighted by atomic mass is 10.0. The van der Waals surface area contributed by atoms with E-state index in [9.17, 15) is 19.1 Å². The van der Waals surface area contributed by atoms with Crippen molar-refractivity contribution in [2.75, 3.05) is 34.0 Å². The molecule has 1 amide bonds. The van der Waals surface area contributed by atoms with Gasteiger partial charge in [-0.3, -0.25) is 9.59 Å². The van der Waals surface area contributed by atoms with E-state index in [4.69, 9.17) is 19.3 Å². The van der Waals surface area contributed by atoms with Crippen LogP contribution in [0.5, 0.6) is 17.2 Å². The Balaban J connectivity index is 1.63. The molecule has 2 aromatic heterocycles. The number of aromatic nitrogens is 1. The second-order valence-corrected chi connectivity index (χ2v) is 9.23. The molecule has 2 heterocycles. The van der Waals surface area contributed by atoms with Crippen molar-refractivity contribution in [3.05, 3.63) is 71.0 Å². The number of rotatable bonds is 12. The van der Waals surface area contributed by atoms with Crippen molar-refractivity contribution in [2.24, 2.45) is 0 Å². The highest BCUT2D eigenvalue weighted by atomic mass is 32.1. The van der Waals surface area contributed by atoms with Crippen molar-refractivity contribution < 1.29 is 38.4 Å². The number of Topliss-reactive ketones (excluding diaryl/α,β-unsaturated/α-hetero) is 1. The van der Waals surface area contributed by atoms with Gasteiger partial charge in [0.2, 0.25) is 5.78 Å². The van der Waals surface area contributed by atoms with Gasteiger partial charge < -0.3 is 29.7 Å². The third-order valence-corrected chi connectivity index (χ3v) is 6.96. The molecule has 0 aliphatic rings. The Kier molecular flexibility index (Phi) is 9.07. The summed E-state index contributed by atoms with van der Waals surface area (Å²) < 4.78 is 30.9. The first-order chi connectivity index (χ1) is 18.9. The summed E-state index contributed by atoms with van der Waals surface area (Å²) in [5.41, 5.74) is 1.22. The van der Waals surface area contributed by atoms with Gasteiger partial charge in [0.1, 0.15) is 29.6 Å². The summed E-state index contributed by atoms with van der Waals surface area (Å²) in [6.45, 7) is -0.482. The third kappa shape index (κ3) is 6.00. The van der Waals surface area contributed by atoms with Crippen LogP contribution in [0.25, 0.3) is 21.3 Å². The lowest BCUT2D eigenvalue weighted by Gasteiger charge is -2.18. The zero-order chi connectivity index (χ0) is 27.9. The number of aliphatic hydroxyl groups is 2. The number of fused-ring (bicyclic) bond motifs is 1. The lowest BCUT2D eigenvalue weighted by Crippen LogP contribution is -2.41. The van der Waals surface area contributed by atoms with Crippen LogP contribution in [0.4, 0.5) is 4.39 Å². The van der Waals surface area contributed by atoms with Gasteiger partial charge in [0, 0.05) is 28.5 Å². The summed E-state index contributed by atoms with van der Waals surface area (Å²) >= 11 is 1.22. The van der Waals surface area contributed by atoms with Gasteiger partial charge in [-0.2, -0.15) is 0 Å². The van der Waals surface area contributed by atoms with Crippen LogP contribution >= 0.6 is 11.3 Å². The summed E-state index contributed by atoms with van der Waals surface area (Å²) in [7, 11) is 2.89. The highest BCUT2D eigenvalue weighted by molar-refractivity contribution is 7.17.